The molecule has 184 valence electrons. The predicted octanol–water partition coefficient (Wildman–Crippen LogP) is 3.96. The fourth-order valence-corrected chi connectivity index (χ4v) is 5.13. The van der Waals surface area contributed by atoms with Gasteiger partial charge in [0, 0.05) is 29.0 Å². The number of nitrogens with one attached hydrogen (secondary N) is 1. The zero-order chi connectivity index (χ0) is 25.9. The molecule has 13 heteroatoms. The minimum absolute atomic E-state index is 0.0220. The van der Waals surface area contributed by atoms with E-state index in [2.05, 4.69) is 14.7 Å². The van der Waals surface area contributed by atoms with Crippen LogP contribution in [0.3, 0.4) is 0 Å². The maximum absolute atomic E-state index is 12.7. The van der Waals surface area contributed by atoms with Crippen molar-refractivity contribution in [3.63, 3.8) is 0 Å². The van der Waals surface area contributed by atoms with E-state index in [-0.39, 0.29) is 21.6 Å². The first-order valence-corrected chi connectivity index (χ1v) is 13.0. The van der Waals surface area contributed by atoms with Gasteiger partial charge in [-0.25, -0.2) is 8.42 Å². The van der Waals surface area contributed by atoms with E-state index in [1.165, 1.54) is 27.2 Å². The van der Waals surface area contributed by atoms with Crippen LogP contribution in [0.15, 0.2) is 28.9 Å². The number of rotatable bonds is 8. The number of aromatic nitrogens is 3. The van der Waals surface area contributed by atoms with Gasteiger partial charge >= 0.3 is 0 Å². The third kappa shape index (κ3) is 5.32. The van der Waals surface area contributed by atoms with Crippen molar-refractivity contribution in [3.8, 4) is 23.3 Å². The number of sulfone groups is 1. The number of aryl methyl sites for hydroxylation is 1. The van der Waals surface area contributed by atoms with E-state index < -0.39 is 15.7 Å². The van der Waals surface area contributed by atoms with Crippen LogP contribution in [0.4, 0.5) is 5.13 Å². The molecular formula is C22H22ClN5O5S2. The van der Waals surface area contributed by atoms with Gasteiger partial charge in [-0.2, -0.15) is 14.6 Å². The van der Waals surface area contributed by atoms with Gasteiger partial charge in [0.05, 0.1) is 30.7 Å². The normalized spacial score (nSPS) is 11.7. The van der Waals surface area contributed by atoms with E-state index in [1.807, 2.05) is 30.6 Å². The van der Waals surface area contributed by atoms with E-state index in [1.54, 1.807) is 12.1 Å². The first-order valence-electron chi connectivity index (χ1n) is 10.2. The molecule has 0 unspecified atom stereocenters. The standard InChI is InChI=1S/C22H22ClN5O5S2/c1-6-35(30,31)22-26-21(34-27-22)25-20(29)15(11-24)8-14-7-12(2)28(13(14)3)17-9-16(23)18(32-4)10-19(17)33-5/h7-10H,6H2,1-5H3,(H,25,26,27,29)/b15-8-. The highest BCUT2D eigenvalue weighted by molar-refractivity contribution is 7.91. The average Bonchev–Trinajstić information content (AvgIpc) is 3.41. The lowest BCUT2D eigenvalue weighted by Crippen LogP contribution is -2.14. The number of nitrogens with zero attached hydrogens (tertiary/aromatic N) is 4. The van der Waals surface area contributed by atoms with Crippen molar-refractivity contribution >= 4 is 50.1 Å². The molecule has 10 nitrogen and oxygen atoms in total. The van der Waals surface area contributed by atoms with Gasteiger partial charge in [-0.1, -0.05) is 18.5 Å². The molecule has 1 N–H and O–H groups in total. The summed E-state index contributed by atoms with van der Waals surface area (Å²) >= 11 is 7.05. The maximum Gasteiger partial charge on any atom is 0.268 e. The van der Waals surface area contributed by atoms with Crippen LogP contribution in [-0.4, -0.2) is 48.2 Å². The molecule has 0 bridgehead atoms. The van der Waals surface area contributed by atoms with Crippen molar-refractivity contribution in [2.24, 2.45) is 0 Å². The Morgan fingerprint density at radius 2 is 1.94 bits per heavy atom. The van der Waals surface area contributed by atoms with E-state index >= 15 is 0 Å². The second kappa shape index (κ2) is 10.5. The van der Waals surface area contributed by atoms with Gasteiger partial charge in [0.2, 0.25) is 15.0 Å². The summed E-state index contributed by atoms with van der Waals surface area (Å²) in [6.45, 7) is 5.16. The summed E-state index contributed by atoms with van der Waals surface area (Å²) in [5, 5.41) is 12.0. The van der Waals surface area contributed by atoms with Crippen molar-refractivity contribution in [1.29, 1.82) is 5.26 Å². The number of nitriles is 1. The second-order valence-electron chi connectivity index (χ2n) is 7.23. The fourth-order valence-electron chi connectivity index (χ4n) is 3.31. The van der Waals surface area contributed by atoms with Crippen molar-refractivity contribution in [3.05, 3.63) is 45.7 Å². The summed E-state index contributed by atoms with van der Waals surface area (Å²) in [7, 11) is -0.567. The number of amides is 1. The SMILES string of the molecule is CCS(=O)(=O)c1nsc(NC(=O)/C(C#N)=C\c2cc(C)n(-c3cc(Cl)c(OC)cc3OC)c2C)n1. The van der Waals surface area contributed by atoms with Crippen LogP contribution in [0, 0.1) is 25.2 Å². The van der Waals surface area contributed by atoms with Gasteiger partial charge in [0.15, 0.2) is 0 Å². The van der Waals surface area contributed by atoms with E-state index in [4.69, 9.17) is 21.1 Å². The van der Waals surface area contributed by atoms with E-state index in [9.17, 15) is 18.5 Å². The summed E-state index contributed by atoms with van der Waals surface area (Å²) in [6.07, 6.45) is 1.44. The number of hydrogen-bond acceptors (Lipinski definition) is 9. The zero-order valence-electron chi connectivity index (χ0n) is 19.5. The predicted molar refractivity (Wildman–Crippen MR) is 133 cm³/mol. The Morgan fingerprint density at radius 1 is 1.26 bits per heavy atom. The largest absolute Gasteiger partial charge is 0.495 e. The number of methoxy groups -OCH3 is 2. The highest BCUT2D eigenvalue weighted by atomic mass is 35.5. The van der Waals surface area contributed by atoms with Crippen LogP contribution in [-0.2, 0) is 14.6 Å². The van der Waals surface area contributed by atoms with Crippen molar-refractivity contribution in [2.75, 3.05) is 25.3 Å². The molecule has 0 aliphatic heterocycles. The van der Waals surface area contributed by atoms with Gasteiger partial charge in [-0.3, -0.25) is 10.1 Å². The first-order chi connectivity index (χ1) is 16.6. The van der Waals surface area contributed by atoms with Gasteiger partial charge < -0.3 is 14.0 Å². The highest BCUT2D eigenvalue weighted by Crippen LogP contribution is 2.37. The molecule has 1 aromatic carbocycles. The molecule has 0 saturated carbocycles. The van der Waals surface area contributed by atoms with Gasteiger partial charge in [0.1, 0.15) is 23.1 Å². The van der Waals surface area contributed by atoms with Crippen molar-refractivity contribution in [2.45, 2.75) is 25.9 Å². The summed E-state index contributed by atoms with van der Waals surface area (Å²) in [6, 6.07) is 7.08. The smallest absolute Gasteiger partial charge is 0.268 e. The molecule has 0 spiro atoms. The van der Waals surface area contributed by atoms with Crippen LogP contribution >= 0.6 is 23.1 Å². The monoisotopic (exact) mass is 535 g/mol. The lowest BCUT2D eigenvalue weighted by Gasteiger charge is -2.16. The lowest BCUT2D eigenvalue weighted by atomic mass is 10.1. The number of ether oxygens (including phenoxy) is 2. The van der Waals surface area contributed by atoms with Crippen LogP contribution in [0.25, 0.3) is 11.8 Å². The van der Waals surface area contributed by atoms with Gasteiger partial charge in [-0.15, -0.1) is 0 Å². The maximum atomic E-state index is 12.7. The number of carbonyl (C=O) groups excluding carboxylic acids is 1. The molecule has 1 amide bonds. The molecule has 0 radical (unpaired) electrons. The van der Waals surface area contributed by atoms with Gasteiger partial charge in [-0.05, 0) is 37.6 Å². The zero-order valence-corrected chi connectivity index (χ0v) is 21.9. The average molecular weight is 536 g/mol. The third-order valence-corrected chi connectivity index (χ3v) is 7.66. The highest BCUT2D eigenvalue weighted by Gasteiger charge is 2.21. The van der Waals surface area contributed by atoms with Crippen LogP contribution in [0.1, 0.15) is 23.9 Å². The summed E-state index contributed by atoms with van der Waals surface area (Å²) in [5.41, 5.74) is 2.63. The molecule has 35 heavy (non-hydrogen) atoms. The van der Waals surface area contributed by atoms with Crippen LogP contribution < -0.4 is 14.8 Å². The van der Waals surface area contributed by atoms with Gasteiger partial charge in [0.25, 0.3) is 11.1 Å². The Hall–Kier alpha value is -3.40. The lowest BCUT2D eigenvalue weighted by molar-refractivity contribution is -0.112. The molecule has 0 aliphatic rings. The number of hydrogen-bond donors (Lipinski definition) is 1. The first kappa shape index (κ1) is 26.2. The molecule has 3 rings (SSSR count). The Kier molecular flexibility index (Phi) is 7.84. The molecular weight excluding hydrogens is 514 g/mol. The third-order valence-electron chi connectivity index (χ3n) is 5.12. The minimum atomic E-state index is -3.61. The summed E-state index contributed by atoms with van der Waals surface area (Å²) < 4.78 is 40.2. The fraction of sp³-hybridized carbons (Fsp3) is 0.273. The van der Waals surface area contributed by atoms with Crippen molar-refractivity contribution < 1.29 is 22.7 Å². The Bertz CT molecular complexity index is 1470. The number of anilines is 1. The quantitative estimate of drug-likeness (QED) is 0.338. The Morgan fingerprint density at radius 3 is 2.54 bits per heavy atom. The summed E-state index contributed by atoms with van der Waals surface area (Å²) in [4.78, 5) is 16.5. The molecule has 2 aromatic heterocycles. The molecule has 3 aromatic rings. The summed E-state index contributed by atoms with van der Waals surface area (Å²) in [5.74, 6) is 0.0834. The second-order valence-corrected chi connectivity index (χ2v) is 10.6. The van der Waals surface area contributed by atoms with Crippen LogP contribution in [0.2, 0.25) is 5.02 Å². The molecule has 0 atom stereocenters. The van der Waals surface area contributed by atoms with Crippen LogP contribution in [0.5, 0.6) is 11.5 Å². The van der Waals surface area contributed by atoms with E-state index in [0.717, 1.165) is 22.9 Å². The minimum Gasteiger partial charge on any atom is -0.495 e. The molecule has 2 heterocycles. The molecule has 0 aliphatic carbocycles. The molecule has 0 saturated heterocycles. The van der Waals surface area contributed by atoms with E-state index in [0.29, 0.717) is 27.8 Å². The van der Waals surface area contributed by atoms with Crippen molar-refractivity contribution in [1.82, 2.24) is 13.9 Å². The number of halogens is 1. The number of benzene rings is 1. The Balaban J connectivity index is 1.97. The number of carbonyl (C=O) groups is 1. The topological polar surface area (TPSA) is 136 Å². The molecule has 0 fully saturated rings. The Labute approximate surface area is 211 Å².